The van der Waals surface area contributed by atoms with Crippen LogP contribution < -0.4 is 19.1 Å². The summed E-state index contributed by atoms with van der Waals surface area (Å²) < 4.78 is 37.9. The Labute approximate surface area is 227 Å². The van der Waals surface area contributed by atoms with Crippen LogP contribution in [0.4, 0.5) is 5.69 Å². The van der Waals surface area contributed by atoms with E-state index in [4.69, 9.17) is 9.47 Å². The van der Waals surface area contributed by atoms with Crippen molar-refractivity contribution in [3.63, 3.8) is 0 Å². The lowest BCUT2D eigenvalue weighted by molar-refractivity contribution is -0.140. The SMILES string of the molecule is CCCCNC(=O)C(C)N(Cc1cccc(Br)c1)C(=O)CCCN(c1ccc2c(c1)OCO2)S(C)(=O)=O. The molecule has 1 aliphatic rings. The molecule has 11 heteroatoms. The molecule has 1 N–H and O–H groups in total. The number of amides is 2. The Balaban J connectivity index is 1.71. The Morgan fingerprint density at radius 3 is 2.57 bits per heavy atom. The third-order valence-corrected chi connectivity index (χ3v) is 7.72. The maximum absolute atomic E-state index is 13.4. The second-order valence-corrected chi connectivity index (χ2v) is 11.8. The number of rotatable bonds is 13. The number of ether oxygens (including phenoxy) is 2. The smallest absolute Gasteiger partial charge is 0.242 e. The van der Waals surface area contributed by atoms with E-state index >= 15 is 0 Å². The van der Waals surface area contributed by atoms with Crippen LogP contribution in [0.1, 0.15) is 45.1 Å². The minimum absolute atomic E-state index is 0.0805. The van der Waals surface area contributed by atoms with Gasteiger partial charge in [0.15, 0.2) is 11.5 Å². The van der Waals surface area contributed by atoms with Crippen molar-refractivity contribution in [2.24, 2.45) is 0 Å². The lowest BCUT2D eigenvalue weighted by Crippen LogP contribution is -2.48. The second-order valence-electron chi connectivity index (χ2n) is 8.95. The van der Waals surface area contributed by atoms with Crippen molar-refractivity contribution in [1.29, 1.82) is 0 Å². The molecule has 0 aliphatic carbocycles. The molecular weight excluding hydrogens is 562 g/mol. The van der Waals surface area contributed by atoms with Crippen molar-refractivity contribution in [2.45, 2.75) is 52.1 Å². The van der Waals surface area contributed by atoms with E-state index in [1.807, 2.05) is 31.2 Å². The van der Waals surface area contributed by atoms with Crippen molar-refractivity contribution < 1.29 is 27.5 Å². The van der Waals surface area contributed by atoms with Gasteiger partial charge in [0.05, 0.1) is 11.9 Å². The molecule has 0 saturated heterocycles. The monoisotopic (exact) mass is 595 g/mol. The van der Waals surface area contributed by atoms with Gasteiger partial charge in [0, 0.05) is 36.6 Å². The Morgan fingerprint density at radius 2 is 1.86 bits per heavy atom. The number of nitrogens with one attached hydrogen (secondary N) is 1. The fraction of sp³-hybridized carbons (Fsp3) is 0.462. The number of anilines is 1. The maximum atomic E-state index is 13.4. The van der Waals surface area contributed by atoms with E-state index in [0.717, 1.165) is 29.1 Å². The summed E-state index contributed by atoms with van der Waals surface area (Å²) in [4.78, 5) is 27.7. The number of benzene rings is 2. The molecule has 2 amide bonds. The molecule has 2 aromatic rings. The number of hydrogen-bond donors (Lipinski definition) is 1. The molecular formula is C26H34BrN3O6S. The Kier molecular flexibility index (Phi) is 10.2. The van der Waals surface area contributed by atoms with Gasteiger partial charge >= 0.3 is 0 Å². The van der Waals surface area contributed by atoms with Crippen LogP contribution >= 0.6 is 15.9 Å². The summed E-state index contributed by atoms with van der Waals surface area (Å²) >= 11 is 3.45. The predicted octanol–water partition coefficient (Wildman–Crippen LogP) is 4.06. The van der Waals surface area contributed by atoms with Crippen LogP contribution in [-0.4, -0.2) is 57.3 Å². The van der Waals surface area contributed by atoms with Gasteiger partial charge in [-0.05, 0) is 49.6 Å². The molecule has 37 heavy (non-hydrogen) atoms. The van der Waals surface area contributed by atoms with Crippen LogP contribution in [-0.2, 0) is 26.2 Å². The highest BCUT2D eigenvalue weighted by Gasteiger charge is 2.27. The molecule has 0 saturated carbocycles. The number of nitrogens with zero attached hydrogens (tertiary/aromatic N) is 2. The molecule has 2 aromatic carbocycles. The lowest BCUT2D eigenvalue weighted by atomic mass is 10.1. The molecule has 3 rings (SSSR count). The minimum atomic E-state index is -3.61. The van der Waals surface area contributed by atoms with E-state index in [2.05, 4.69) is 21.2 Å². The van der Waals surface area contributed by atoms with Gasteiger partial charge < -0.3 is 19.7 Å². The molecule has 1 heterocycles. The summed E-state index contributed by atoms with van der Waals surface area (Å²) in [6.45, 7) is 4.76. The van der Waals surface area contributed by atoms with Crippen LogP contribution in [0.15, 0.2) is 46.9 Å². The summed E-state index contributed by atoms with van der Waals surface area (Å²) in [6.07, 6.45) is 3.30. The van der Waals surface area contributed by atoms with Crippen LogP contribution in [0.2, 0.25) is 0 Å². The highest BCUT2D eigenvalue weighted by molar-refractivity contribution is 9.10. The third-order valence-electron chi connectivity index (χ3n) is 6.04. The molecule has 202 valence electrons. The summed E-state index contributed by atoms with van der Waals surface area (Å²) in [5.74, 6) is 0.597. The molecule has 0 aromatic heterocycles. The number of carbonyl (C=O) groups is 2. The normalized spacial score (nSPS) is 13.2. The molecule has 0 fully saturated rings. The quantitative estimate of drug-likeness (QED) is 0.350. The van der Waals surface area contributed by atoms with E-state index in [1.54, 1.807) is 30.0 Å². The van der Waals surface area contributed by atoms with E-state index in [1.165, 1.54) is 4.31 Å². The topological polar surface area (TPSA) is 105 Å². The van der Waals surface area contributed by atoms with E-state index in [0.29, 0.717) is 23.7 Å². The molecule has 0 bridgehead atoms. The molecule has 0 spiro atoms. The van der Waals surface area contributed by atoms with E-state index in [-0.39, 0.29) is 44.5 Å². The van der Waals surface area contributed by atoms with Gasteiger partial charge in [-0.2, -0.15) is 0 Å². The first-order valence-corrected chi connectivity index (χ1v) is 14.9. The van der Waals surface area contributed by atoms with Crippen molar-refractivity contribution in [2.75, 3.05) is 30.4 Å². The number of fused-ring (bicyclic) bond motifs is 1. The number of sulfonamides is 1. The highest BCUT2D eigenvalue weighted by Crippen LogP contribution is 2.36. The zero-order chi connectivity index (χ0) is 27.0. The standard InChI is InChI=1S/C26H34BrN3O6S/c1-4-5-13-28-26(32)19(2)29(17-20-8-6-9-21(27)15-20)25(31)10-7-14-30(37(3,33)34)22-11-12-23-24(16-22)36-18-35-23/h6,8-9,11-12,15-16,19H,4-5,7,10,13-14,17-18H2,1-3H3,(H,28,32). The summed E-state index contributed by atoms with van der Waals surface area (Å²) in [5, 5.41) is 2.90. The van der Waals surface area contributed by atoms with Crippen molar-refractivity contribution in [3.05, 3.63) is 52.5 Å². The van der Waals surface area contributed by atoms with Crippen molar-refractivity contribution >= 4 is 43.5 Å². The van der Waals surface area contributed by atoms with Gasteiger partial charge in [-0.25, -0.2) is 8.42 Å². The minimum Gasteiger partial charge on any atom is -0.454 e. The fourth-order valence-corrected chi connectivity index (χ4v) is 5.40. The summed E-state index contributed by atoms with van der Waals surface area (Å²) in [5.41, 5.74) is 1.32. The van der Waals surface area contributed by atoms with Crippen LogP contribution in [0, 0.1) is 0 Å². The van der Waals surface area contributed by atoms with E-state index < -0.39 is 16.1 Å². The second kappa shape index (κ2) is 13.1. The Bertz CT molecular complexity index is 1210. The van der Waals surface area contributed by atoms with Gasteiger partial charge in [0.25, 0.3) is 0 Å². The third kappa shape index (κ3) is 8.10. The first kappa shape index (κ1) is 28.8. The Hall–Kier alpha value is -2.79. The van der Waals surface area contributed by atoms with Gasteiger partial charge in [0.2, 0.25) is 28.6 Å². The zero-order valence-electron chi connectivity index (χ0n) is 21.4. The van der Waals surface area contributed by atoms with Crippen molar-refractivity contribution in [1.82, 2.24) is 10.2 Å². The molecule has 9 nitrogen and oxygen atoms in total. The summed E-state index contributed by atoms with van der Waals surface area (Å²) in [7, 11) is -3.61. The number of hydrogen-bond acceptors (Lipinski definition) is 6. The number of halogens is 1. The van der Waals surface area contributed by atoms with Gasteiger partial charge in [-0.3, -0.25) is 13.9 Å². The maximum Gasteiger partial charge on any atom is 0.242 e. The molecule has 1 unspecified atom stereocenters. The largest absolute Gasteiger partial charge is 0.454 e. The zero-order valence-corrected chi connectivity index (χ0v) is 23.8. The van der Waals surface area contributed by atoms with Crippen LogP contribution in [0.25, 0.3) is 0 Å². The predicted molar refractivity (Wildman–Crippen MR) is 146 cm³/mol. The van der Waals surface area contributed by atoms with Crippen LogP contribution in [0.3, 0.4) is 0 Å². The number of carbonyl (C=O) groups excluding carboxylic acids is 2. The average molecular weight is 597 g/mol. The Morgan fingerprint density at radius 1 is 1.11 bits per heavy atom. The van der Waals surface area contributed by atoms with Crippen LogP contribution in [0.5, 0.6) is 11.5 Å². The first-order valence-electron chi connectivity index (χ1n) is 12.3. The lowest BCUT2D eigenvalue weighted by Gasteiger charge is -2.29. The summed E-state index contributed by atoms with van der Waals surface area (Å²) in [6, 6.07) is 11.8. The molecule has 1 aliphatic heterocycles. The highest BCUT2D eigenvalue weighted by atomic mass is 79.9. The van der Waals surface area contributed by atoms with Gasteiger partial charge in [-0.15, -0.1) is 0 Å². The van der Waals surface area contributed by atoms with E-state index in [9.17, 15) is 18.0 Å². The molecule has 1 atom stereocenters. The first-order chi connectivity index (χ1) is 17.6. The van der Waals surface area contributed by atoms with Crippen molar-refractivity contribution in [3.8, 4) is 11.5 Å². The van der Waals surface area contributed by atoms with Gasteiger partial charge in [0.1, 0.15) is 6.04 Å². The number of unbranched alkanes of at least 4 members (excludes halogenated alkanes) is 1. The van der Waals surface area contributed by atoms with Gasteiger partial charge in [-0.1, -0.05) is 41.4 Å². The molecule has 0 radical (unpaired) electrons. The fourth-order valence-electron chi connectivity index (χ4n) is 3.99. The average Bonchev–Trinajstić information content (AvgIpc) is 3.32.